The zero-order chi connectivity index (χ0) is 11.4. The summed E-state index contributed by atoms with van der Waals surface area (Å²) in [5.41, 5.74) is 2.58. The highest BCUT2D eigenvalue weighted by Crippen LogP contribution is 2.17. The van der Waals surface area contributed by atoms with Crippen molar-refractivity contribution >= 4 is 10.9 Å². The maximum absolute atomic E-state index is 8.80. The lowest BCUT2D eigenvalue weighted by Gasteiger charge is -1.94. The molecule has 0 saturated carbocycles. The van der Waals surface area contributed by atoms with Crippen LogP contribution >= 0.6 is 0 Å². The summed E-state index contributed by atoms with van der Waals surface area (Å²) in [6.45, 7) is 5.94. The predicted octanol–water partition coefficient (Wildman–Crippen LogP) is 2.78. The number of hydrogen-bond acceptors (Lipinski definition) is 2. The van der Waals surface area contributed by atoms with Gasteiger partial charge in [-0.3, -0.25) is 4.68 Å². The summed E-state index contributed by atoms with van der Waals surface area (Å²) in [7, 11) is 1.88. The molecule has 1 heterocycles. The van der Waals surface area contributed by atoms with Gasteiger partial charge in [0.25, 0.3) is 0 Å². The van der Waals surface area contributed by atoms with Gasteiger partial charge in [-0.05, 0) is 24.6 Å². The minimum absolute atomic E-state index is 0.700. The molecule has 0 radical (unpaired) electrons. The Bertz CT molecular complexity index is 503. The van der Waals surface area contributed by atoms with E-state index in [2.05, 4.69) is 11.2 Å². The van der Waals surface area contributed by atoms with E-state index in [0.29, 0.717) is 5.56 Å². The zero-order valence-corrected chi connectivity index (χ0v) is 9.57. The fourth-order valence-electron chi connectivity index (χ4n) is 1.43. The smallest absolute Gasteiger partial charge is 0.0995 e. The summed E-state index contributed by atoms with van der Waals surface area (Å²) in [6, 6.07) is 5.96. The number of nitriles is 1. The molecule has 3 nitrogen and oxygen atoms in total. The van der Waals surface area contributed by atoms with Crippen molar-refractivity contribution in [1.29, 1.82) is 5.26 Å². The Morgan fingerprint density at radius 2 is 2.00 bits per heavy atom. The van der Waals surface area contributed by atoms with Crippen LogP contribution in [0.25, 0.3) is 10.9 Å². The van der Waals surface area contributed by atoms with Crippen LogP contribution in [0.3, 0.4) is 0 Å². The Kier molecular flexibility index (Phi) is 3.46. The van der Waals surface area contributed by atoms with E-state index >= 15 is 0 Å². The second-order valence-corrected chi connectivity index (χ2v) is 3.14. The SMILES string of the molecule is CC.Cc1cc2cn(C)nc2cc1C#N. The summed E-state index contributed by atoms with van der Waals surface area (Å²) in [4.78, 5) is 0. The fourth-order valence-corrected chi connectivity index (χ4v) is 1.43. The van der Waals surface area contributed by atoms with Crippen LogP contribution in [0, 0.1) is 18.3 Å². The summed E-state index contributed by atoms with van der Waals surface area (Å²) < 4.78 is 1.76. The van der Waals surface area contributed by atoms with Crippen molar-refractivity contribution in [3.63, 3.8) is 0 Å². The second kappa shape index (κ2) is 4.61. The average molecular weight is 201 g/mol. The lowest BCUT2D eigenvalue weighted by Crippen LogP contribution is -1.85. The molecule has 15 heavy (non-hydrogen) atoms. The van der Waals surface area contributed by atoms with Crippen LogP contribution < -0.4 is 0 Å². The number of nitrogens with zero attached hydrogens (tertiary/aromatic N) is 3. The van der Waals surface area contributed by atoms with Gasteiger partial charge in [-0.25, -0.2) is 0 Å². The van der Waals surface area contributed by atoms with E-state index in [0.717, 1.165) is 16.5 Å². The Balaban J connectivity index is 0.000000531. The van der Waals surface area contributed by atoms with E-state index in [4.69, 9.17) is 5.26 Å². The van der Waals surface area contributed by atoms with Gasteiger partial charge >= 0.3 is 0 Å². The Labute approximate surface area is 89.9 Å². The van der Waals surface area contributed by atoms with Crippen LogP contribution in [0.2, 0.25) is 0 Å². The van der Waals surface area contributed by atoms with E-state index in [9.17, 15) is 0 Å². The molecule has 0 aliphatic carbocycles. The van der Waals surface area contributed by atoms with Crippen molar-refractivity contribution in [1.82, 2.24) is 9.78 Å². The molecule has 2 aromatic rings. The lowest BCUT2D eigenvalue weighted by atomic mass is 10.1. The van der Waals surface area contributed by atoms with Crippen LogP contribution in [0.1, 0.15) is 25.0 Å². The van der Waals surface area contributed by atoms with Crippen molar-refractivity contribution in [2.45, 2.75) is 20.8 Å². The molecule has 1 aromatic heterocycles. The minimum atomic E-state index is 0.700. The van der Waals surface area contributed by atoms with Gasteiger partial charge in [-0.15, -0.1) is 0 Å². The van der Waals surface area contributed by atoms with Gasteiger partial charge in [0, 0.05) is 18.6 Å². The molecule has 2 rings (SSSR count). The van der Waals surface area contributed by atoms with Crippen LogP contribution in [0.5, 0.6) is 0 Å². The molecule has 0 saturated heterocycles. The largest absolute Gasteiger partial charge is 0.275 e. The molecule has 0 atom stereocenters. The van der Waals surface area contributed by atoms with Gasteiger partial charge < -0.3 is 0 Å². The second-order valence-electron chi connectivity index (χ2n) is 3.14. The number of aromatic nitrogens is 2. The topological polar surface area (TPSA) is 41.6 Å². The van der Waals surface area contributed by atoms with Gasteiger partial charge in [-0.1, -0.05) is 13.8 Å². The normalized spacial score (nSPS) is 9.27. The summed E-state index contributed by atoms with van der Waals surface area (Å²) in [5.74, 6) is 0. The molecule has 78 valence electrons. The predicted molar refractivity (Wildman–Crippen MR) is 61.5 cm³/mol. The number of benzene rings is 1. The molecule has 0 amide bonds. The monoisotopic (exact) mass is 201 g/mol. The Morgan fingerprint density at radius 1 is 1.33 bits per heavy atom. The van der Waals surface area contributed by atoms with Crippen molar-refractivity contribution in [3.8, 4) is 6.07 Å². The number of rotatable bonds is 0. The van der Waals surface area contributed by atoms with Crippen LogP contribution in [-0.4, -0.2) is 9.78 Å². The van der Waals surface area contributed by atoms with Gasteiger partial charge in [0.2, 0.25) is 0 Å². The highest BCUT2D eigenvalue weighted by Gasteiger charge is 2.02. The zero-order valence-electron chi connectivity index (χ0n) is 9.57. The fraction of sp³-hybridized carbons (Fsp3) is 0.333. The van der Waals surface area contributed by atoms with E-state index in [1.807, 2.05) is 46.1 Å². The van der Waals surface area contributed by atoms with Gasteiger partial charge in [0.05, 0.1) is 17.1 Å². The molecule has 0 N–H and O–H groups in total. The van der Waals surface area contributed by atoms with Crippen molar-refractivity contribution in [2.75, 3.05) is 0 Å². The third kappa shape index (κ3) is 2.16. The van der Waals surface area contributed by atoms with Crippen LogP contribution in [0.15, 0.2) is 18.3 Å². The van der Waals surface area contributed by atoms with E-state index in [1.54, 1.807) is 4.68 Å². The maximum atomic E-state index is 8.80. The van der Waals surface area contributed by atoms with E-state index in [-0.39, 0.29) is 0 Å². The summed E-state index contributed by atoms with van der Waals surface area (Å²) in [5, 5.41) is 14.1. The van der Waals surface area contributed by atoms with Crippen LogP contribution in [0.4, 0.5) is 0 Å². The molecule has 1 aromatic carbocycles. The molecule has 0 aliphatic heterocycles. The average Bonchev–Trinajstić information content (AvgIpc) is 2.59. The standard InChI is InChI=1S/C10H9N3.C2H6/c1-7-3-9-6-13(2)12-10(9)4-8(7)5-11;1-2/h3-4,6H,1-2H3;1-2H3. The quantitative estimate of drug-likeness (QED) is 0.657. The third-order valence-corrected chi connectivity index (χ3v) is 2.09. The highest BCUT2D eigenvalue weighted by atomic mass is 15.2. The Morgan fingerprint density at radius 3 is 2.60 bits per heavy atom. The molecule has 0 unspecified atom stereocenters. The van der Waals surface area contributed by atoms with Crippen molar-refractivity contribution < 1.29 is 0 Å². The first-order chi connectivity index (χ1) is 7.20. The third-order valence-electron chi connectivity index (χ3n) is 2.09. The van der Waals surface area contributed by atoms with Gasteiger partial charge in [0.1, 0.15) is 0 Å². The maximum Gasteiger partial charge on any atom is 0.0995 e. The van der Waals surface area contributed by atoms with E-state index < -0.39 is 0 Å². The Hall–Kier alpha value is -1.82. The highest BCUT2D eigenvalue weighted by molar-refractivity contribution is 5.80. The van der Waals surface area contributed by atoms with Crippen LogP contribution in [-0.2, 0) is 7.05 Å². The molecular formula is C12H15N3. The molecule has 0 spiro atoms. The first-order valence-corrected chi connectivity index (χ1v) is 5.05. The van der Waals surface area contributed by atoms with Crippen molar-refractivity contribution in [3.05, 3.63) is 29.5 Å². The number of hydrogen-bond donors (Lipinski definition) is 0. The van der Waals surface area contributed by atoms with E-state index in [1.165, 1.54) is 0 Å². The summed E-state index contributed by atoms with van der Waals surface area (Å²) >= 11 is 0. The number of aryl methyl sites for hydroxylation is 2. The first kappa shape index (κ1) is 11.3. The molecular weight excluding hydrogens is 186 g/mol. The van der Waals surface area contributed by atoms with Crippen molar-refractivity contribution in [2.24, 2.45) is 7.05 Å². The molecule has 3 heteroatoms. The molecule has 0 aliphatic rings. The lowest BCUT2D eigenvalue weighted by molar-refractivity contribution is 0.779. The summed E-state index contributed by atoms with van der Waals surface area (Å²) in [6.07, 6.45) is 1.95. The number of fused-ring (bicyclic) bond motifs is 1. The minimum Gasteiger partial charge on any atom is -0.275 e. The molecule has 0 fully saturated rings. The van der Waals surface area contributed by atoms with Gasteiger partial charge in [-0.2, -0.15) is 10.4 Å². The molecule has 0 bridgehead atoms. The van der Waals surface area contributed by atoms with Gasteiger partial charge in [0.15, 0.2) is 0 Å². The first-order valence-electron chi connectivity index (χ1n) is 5.05.